The van der Waals surface area contributed by atoms with Gasteiger partial charge in [0.1, 0.15) is 0 Å². The number of rotatable bonds is 7. The number of nitrogens with one attached hydrogen (secondary N) is 2. The van der Waals surface area contributed by atoms with Crippen molar-refractivity contribution in [2.45, 2.75) is 44.6 Å². The Kier molecular flexibility index (Phi) is 10.1. The van der Waals surface area contributed by atoms with Crippen molar-refractivity contribution < 1.29 is 0 Å². The standard InChI is InChI=1S/C17H30N4S.HI/c1-14(15-8-11-22-13-15)12-20-17(18-2)19-9-10-21(3)16-6-4-5-7-16;/h8,11,13-14,16H,4-7,9-10,12H2,1-3H3,(H2,18,19,20);1H. The molecule has 1 aromatic heterocycles. The summed E-state index contributed by atoms with van der Waals surface area (Å²) in [6.07, 6.45) is 5.52. The van der Waals surface area contributed by atoms with E-state index in [0.29, 0.717) is 5.92 Å². The highest BCUT2D eigenvalue weighted by Gasteiger charge is 2.18. The number of aliphatic imine (C=N–C) groups is 1. The Bertz CT molecular complexity index is 443. The molecule has 2 rings (SSSR count). The zero-order chi connectivity index (χ0) is 15.8. The summed E-state index contributed by atoms with van der Waals surface area (Å²) in [7, 11) is 4.08. The first kappa shape index (κ1) is 20.7. The first-order valence-electron chi connectivity index (χ1n) is 8.37. The van der Waals surface area contributed by atoms with Crippen LogP contribution in [0.2, 0.25) is 0 Å². The second kappa shape index (κ2) is 11.3. The van der Waals surface area contributed by atoms with Gasteiger partial charge in [-0.1, -0.05) is 19.8 Å². The van der Waals surface area contributed by atoms with E-state index in [1.54, 1.807) is 11.3 Å². The van der Waals surface area contributed by atoms with E-state index in [0.717, 1.165) is 31.6 Å². The van der Waals surface area contributed by atoms with Gasteiger partial charge in [0.15, 0.2) is 5.96 Å². The quantitative estimate of drug-likeness (QED) is 0.380. The third-order valence-corrected chi connectivity index (χ3v) is 5.32. The number of hydrogen-bond donors (Lipinski definition) is 2. The van der Waals surface area contributed by atoms with Crippen LogP contribution >= 0.6 is 35.3 Å². The summed E-state index contributed by atoms with van der Waals surface area (Å²) in [4.78, 5) is 6.80. The van der Waals surface area contributed by atoms with E-state index in [9.17, 15) is 0 Å². The van der Waals surface area contributed by atoms with Crippen molar-refractivity contribution in [1.82, 2.24) is 15.5 Å². The maximum absolute atomic E-state index is 4.31. The summed E-state index contributed by atoms with van der Waals surface area (Å²) in [5.74, 6) is 1.41. The Morgan fingerprint density at radius 3 is 2.74 bits per heavy atom. The molecule has 0 aromatic carbocycles. The van der Waals surface area contributed by atoms with Crippen LogP contribution in [0.1, 0.15) is 44.1 Å². The molecule has 0 saturated heterocycles. The first-order chi connectivity index (χ1) is 10.7. The number of nitrogens with zero attached hydrogens (tertiary/aromatic N) is 2. The zero-order valence-electron chi connectivity index (χ0n) is 14.5. The topological polar surface area (TPSA) is 39.7 Å². The smallest absolute Gasteiger partial charge is 0.191 e. The average Bonchev–Trinajstić information content (AvgIpc) is 3.23. The van der Waals surface area contributed by atoms with Crippen LogP contribution in [-0.4, -0.2) is 50.6 Å². The minimum atomic E-state index is 0. The molecule has 1 saturated carbocycles. The average molecular weight is 450 g/mol. The Morgan fingerprint density at radius 2 is 2.13 bits per heavy atom. The van der Waals surface area contributed by atoms with Crippen LogP contribution < -0.4 is 10.6 Å². The fraction of sp³-hybridized carbons (Fsp3) is 0.706. The fourth-order valence-corrected chi connectivity index (χ4v) is 3.80. The molecule has 2 N–H and O–H groups in total. The summed E-state index contributed by atoms with van der Waals surface area (Å²) >= 11 is 1.76. The predicted molar refractivity (Wildman–Crippen MR) is 112 cm³/mol. The molecular formula is C17H31IN4S. The zero-order valence-corrected chi connectivity index (χ0v) is 17.7. The molecule has 1 heterocycles. The van der Waals surface area contributed by atoms with Gasteiger partial charge in [-0.15, -0.1) is 24.0 Å². The van der Waals surface area contributed by atoms with Gasteiger partial charge < -0.3 is 15.5 Å². The Balaban J connectivity index is 0.00000264. The normalized spacial score (nSPS) is 17.1. The molecule has 1 aliphatic rings. The van der Waals surface area contributed by atoms with Crippen molar-refractivity contribution >= 4 is 41.3 Å². The van der Waals surface area contributed by atoms with Crippen molar-refractivity contribution in [2.24, 2.45) is 4.99 Å². The number of likely N-dealkylation sites (N-methyl/N-ethyl adjacent to an activating group) is 1. The lowest BCUT2D eigenvalue weighted by atomic mass is 10.1. The maximum atomic E-state index is 4.31. The van der Waals surface area contributed by atoms with E-state index in [1.807, 2.05) is 7.05 Å². The second-order valence-corrected chi connectivity index (χ2v) is 7.04. The van der Waals surface area contributed by atoms with E-state index < -0.39 is 0 Å². The third-order valence-electron chi connectivity index (χ3n) is 4.62. The van der Waals surface area contributed by atoms with Crippen molar-refractivity contribution in [1.29, 1.82) is 0 Å². The van der Waals surface area contributed by atoms with Gasteiger partial charge in [-0.3, -0.25) is 4.99 Å². The molecule has 0 amide bonds. The highest BCUT2D eigenvalue weighted by atomic mass is 127. The molecule has 1 aliphatic carbocycles. The lowest BCUT2D eigenvalue weighted by Crippen LogP contribution is -2.43. The minimum absolute atomic E-state index is 0. The van der Waals surface area contributed by atoms with E-state index in [-0.39, 0.29) is 24.0 Å². The largest absolute Gasteiger partial charge is 0.356 e. The van der Waals surface area contributed by atoms with Gasteiger partial charge in [-0.2, -0.15) is 11.3 Å². The van der Waals surface area contributed by atoms with Gasteiger partial charge in [0, 0.05) is 32.7 Å². The summed E-state index contributed by atoms with van der Waals surface area (Å²) < 4.78 is 0. The molecule has 0 spiro atoms. The van der Waals surface area contributed by atoms with Crippen molar-refractivity contribution in [3.63, 3.8) is 0 Å². The molecule has 4 nitrogen and oxygen atoms in total. The van der Waals surface area contributed by atoms with Gasteiger partial charge in [-0.25, -0.2) is 0 Å². The molecule has 0 aliphatic heterocycles. The number of hydrogen-bond acceptors (Lipinski definition) is 3. The minimum Gasteiger partial charge on any atom is -0.356 e. The number of thiophene rings is 1. The van der Waals surface area contributed by atoms with Crippen LogP contribution in [0.5, 0.6) is 0 Å². The molecule has 1 fully saturated rings. The Hall–Kier alpha value is -0.340. The highest BCUT2D eigenvalue weighted by molar-refractivity contribution is 14.0. The molecule has 6 heteroatoms. The monoisotopic (exact) mass is 450 g/mol. The van der Waals surface area contributed by atoms with Crippen LogP contribution in [0.25, 0.3) is 0 Å². The van der Waals surface area contributed by atoms with Gasteiger partial charge in [-0.05, 0) is 48.2 Å². The van der Waals surface area contributed by atoms with Gasteiger partial charge in [0.05, 0.1) is 0 Å². The molecule has 0 radical (unpaired) electrons. The van der Waals surface area contributed by atoms with Crippen LogP contribution in [0, 0.1) is 0 Å². The molecule has 1 aromatic rings. The van der Waals surface area contributed by atoms with Crippen molar-refractivity contribution in [3.8, 4) is 0 Å². The van der Waals surface area contributed by atoms with Crippen LogP contribution in [-0.2, 0) is 0 Å². The summed E-state index contributed by atoms with van der Waals surface area (Å²) in [5.41, 5.74) is 1.40. The lowest BCUT2D eigenvalue weighted by Gasteiger charge is -2.24. The predicted octanol–water partition coefficient (Wildman–Crippen LogP) is 3.51. The van der Waals surface area contributed by atoms with Gasteiger partial charge >= 0.3 is 0 Å². The van der Waals surface area contributed by atoms with E-state index in [1.165, 1.54) is 31.2 Å². The molecule has 132 valence electrons. The summed E-state index contributed by atoms with van der Waals surface area (Å²) in [5, 5.41) is 11.2. The number of guanidine groups is 1. The summed E-state index contributed by atoms with van der Waals surface area (Å²) in [6.45, 7) is 5.18. The Morgan fingerprint density at radius 1 is 1.39 bits per heavy atom. The SMILES string of the molecule is CN=C(NCCN(C)C1CCCC1)NCC(C)c1ccsc1.I. The van der Waals surface area contributed by atoms with Crippen LogP contribution in [0.4, 0.5) is 0 Å². The van der Waals surface area contributed by atoms with E-state index in [2.05, 4.69) is 51.3 Å². The highest BCUT2D eigenvalue weighted by Crippen LogP contribution is 2.21. The molecule has 1 atom stereocenters. The van der Waals surface area contributed by atoms with E-state index >= 15 is 0 Å². The van der Waals surface area contributed by atoms with Gasteiger partial charge in [0.25, 0.3) is 0 Å². The van der Waals surface area contributed by atoms with Crippen LogP contribution in [0.3, 0.4) is 0 Å². The number of halogens is 1. The fourth-order valence-electron chi connectivity index (χ4n) is 3.02. The molecule has 1 unspecified atom stereocenters. The third kappa shape index (κ3) is 6.97. The molecule has 0 bridgehead atoms. The van der Waals surface area contributed by atoms with E-state index in [4.69, 9.17) is 0 Å². The van der Waals surface area contributed by atoms with Crippen molar-refractivity contribution in [2.75, 3.05) is 33.7 Å². The van der Waals surface area contributed by atoms with Crippen LogP contribution in [0.15, 0.2) is 21.8 Å². The Labute approximate surface area is 162 Å². The maximum Gasteiger partial charge on any atom is 0.191 e. The first-order valence-corrected chi connectivity index (χ1v) is 9.32. The molecular weight excluding hydrogens is 419 g/mol. The van der Waals surface area contributed by atoms with Crippen molar-refractivity contribution in [3.05, 3.63) is 22.4 Å². The summed E-state index contributed by atoms with van der Waals surface area (Å²) in [6, 6.07) is 2.99. The lowest BCUT2D eigenvalue weighted by molar-refractivity contribution is 0.249. The molecule has 23 heavy (non-hydrogen) atoms. The van der Waals surface area contributed by atoms with Gasteiger partial charge in [0.2, 0.25) is 0 Å². The second-order valence-electron chi connectivity index (χ2n) is 6.26.